The highest BCUT2D eigenvalue weighted by Crippen LogP contribution is 2.59. The van der Waals surface area contributed by atoms with E-state index in [4.69, 9.17) is 9.47 Å². The third-order valence-electron chi connectivity index (χ3n) is 7.35. The molecule has 0 bridgehead atoms. The van der Waals surface area contributed by atoms with Gasteiger partial charge in [-0.15, -0.1) is 0 Å². The summed E-state index contributed by atoms with van der Waals surface area (Å²) < 4.78 is 10.3. The number of ether oxygens (including phenoxy) is 2. The molecule has 0 atom stereocenters. The summed E-state index contributed by atoms with van der Waals surface area (Å²) in [6.45, 7) is 13.3. The zero-order valence-electron chi connectivity index (χ0n) is 21.5. The first-order valence-electron chi connectivity index (χ1n) is 11.8. The molecule has 1 fully saturated rings. The second-order valence-electron chi connectivity index (χ2n) is 10.5. The molecule has 4 rings (SSSR count). The Morgan fingerprint density at radius 3 is 1.29 bits per heavy atom. The lowest BCUT2D eigenvalue weighted by molar-refractivity contribution is -0.168. The van der Waals surface area contributed by atoms with E-state index < -0.39 is 25.4 Å². The molecule has 1 heterocycles. The molecule has 1 aliphatic carbocycles. The maximum atomic E-state index is 13.1. The molecule has 0 radical (unpaired) electrons. The minimum absolute atomic E-state index is 0.314. The smallest absolute Gasteiger partial charge is 0.323 e. The van der Waals surface area contributed by atoms with Crippen LogP contribution in [0.5, 0.6) is 0 Å². The van der Waals surface area contributed by atoms with Crippen LogP contribution in [0.25, 0.3) is 10.4 Å². The highest BCUT2D eigenvalue weighted by molar-refractivity contribution is 7.10. The minimum atomic E-state index is -2.17. The van der Waals surface area contributed by atoms with Crippen LogP contribution in [0.4, 0.5) is 0 Å². The molecular formula is C29H34O4Si. The molecule has 0 amide bonds. The Morgan fingerprint density at radius 2 is 1.00 bits per heavy atom. The average Bonchev–Trinajstić information content (AvgIpc) is 3.20. The third kappa shape index (κ3) is 3.67. The summed E-state index contributed by atoms with van der Waals surface area (Å²) in [6, 6.07) is 13.3. The van der Waals surface area contributed by atoms with Gasteiger partial charge in [-0.3, -0.25) is 9.59 Å². The Hall–Kier alpha value is -2.92. The number of allylic oxidation sites excluding steroid dienone is 2. The molecule has 0 spiro atoms. The van der Waals surface area contributed by atoms with Gasteiger partial charge in [0, 0.05) is 0 Å². The third-order valence-corrected chi connectivity index (χ3v) is 11.0. The van der Waals surface area contributed by atoms with Crippen molar-refractivity contribution in [1.82, 2.24) is 0 Å². The predicted molar refractivity (Wildman–Crippen MR) is 139 cm³/mol. The molecule has 34 heavy (non-hydrogen) atoms. The zero-order chi connectivity index (χ0) is 25.0. The van der Waals surface area contributed by atoms with Crippen LogP contribution in [-0.4, -0.2) is 34.2 Å². The fraction of sp³-hybridized carbons (Fsp3) is 0.379. The molecule has 178 valence electrons. The summed E-state index contributed by atoms with van der Waals surface area (Å²) in [5, 5.41) is 2.64. The van der Waals surface area contributed by atoms with Crippen molar-refractivity contribution in [3.8, 4) is 0 Å². The molecule has 0 N–H and O–H groups in total. The Bertz CT molecular complexity index is 1140. The summed E-state index contributed by atoms with van der Waals surface area (Å²) in [5.74, 6) is -1.04. The first-order chi connectivity index (χ1) is 15.9. The van der Waals surface area contributed by atoms with E-state index in [1.165, 1.54) is 58.0 Å². The Morgan fingerprint density at radius 1 is 0.676 bits per heavy atom. The molecule has 0 aromatic heterocycles. The number of methoxy groups -OCH3 is 2. The van der Waals surface area contributed by atoms with Gasteiger partial charge in [-0.25, -0.2) is 0 Å². The van der Waals surface area contributed by atoms with E-state index in [1.807, 2.05) is 0 Å². The molecule has 0 saturated heterocycles. The molecule has 1 aliphatic heterocycles. The molecular weight excluding hydrogens is 440 g/mol. The number of fused-ring (bicyclic) bond motifs is 1. The highest BCUT2D eigenvalue weighted by Gasteiger charge is 2.58. The van der Waals surface area contributed by atoms with Gasteiger partial charge in [0.25, 0.3) is 0 Å². The van der Waals surface area contributed by atoms with Crippen LogP contribution in [0.15, 0.2) is 47.5 Å². The van der Waals surface area contributed by atoms with Gasteiger partial charge in [-0.2, -0.15) is 0 Å². The van der Waals surface area contributed by atoms with Gasteiger partial charge in [-0.05, 0) is 73.2 Å². The largest absolute Gasteiger partial charge is 0.468 e. The Balaban J connectivity index is 2.05. The lowest BCUT2D eigenvalue weighted by atomic mass is 9.85. The van der Waals surface area contributed by atoms with Crippen molar-refractivity contribution in [2.75, 3.05) is 14.2 Å². The first-order valence-corrected chi connectivity index (χ1v) is 14.8. The summed E-state index contributed by atoms with van der Waals surface area (Å²) >= 11 is 0. The van der Waals surface area contributed by atoms with Gasteiger partial charge in [0.15, 0.2) is 5.41 Å². The zero-order valence-corrected chi connectivity index (χ0v) is 22.5. The maximum Gasteiger partial charge on any atom is 0.323 e. The van der Waals surface area contributed by atoms with E-state index in [1.54, 1.807) is 0 Å². The van der Waals surface area contributed by atoms with E-state index in [-0.39, 0.29) is 0 Å². The van der Waals surface area contributed by atoms with Gasteiger partial charge in [-0.1, -0.05) is 71.7 Å². The number of benzene rings is 2. The summed E-state index contributed by atoms with van der Waals surface area (Å²) in [5.41, 5.74) is 8.15. The summed E-state index contributed by atoms with van der Waals surface area (Å²) in [4.78, 5) is 26.1. The second kappa shape index (κ2) is 8.38. The fourth-order valence-electron chi connectivity index (χ4n) is 6.31. The quantitative estimate of drug-likeness (QED) is 0.307. The van der Waals surface area contributed by atoms with Crippen molar-refractivity contribution in [2.45, 2.75) is 53.6 Å². The van der Waals surface area contributed by atoms with Crippen molar-refractivity contribution < 1.29 is 19.1 Å². The number of esters is 2. The lowest BCUT2D eigenvalue weighted by Gasteiger charge is -2.30. The number of hydrogen-bond acceptors (Lipinski definition) is 4. The van der Waals surface area contributed by atoms with Gasteiger partial charge in [0.2, 0.25) is 0 Å². The van der Waals surface area contributed by atoms with E-state index >= 15 is 0 Å². The van der Waals surface area contributed by atoms with Crippen molar-refractivity contribution in [3.05, 3.63) is 80.9 Å². The molecule has 1 saturated carbocycles. The Labute approximate surface area is 203 Å². The number of aryl methyl sites for hydroxylation is 4. The predicted octanol–water partition coefficient (Wildman–Crippen LogP) is 6.05. The van der Waals surface area contributed by atoms with Crippen LogP contribution in [0.1, 0.15) is 46.2 Å². The SMILES string of the molecule is COC(=O)C1(C(=O)OC)CC2=C(c3cc(C)cc(C)c3)[Si](C)(C)C(c3cc(C)cc(C)c3)=C2C1. The monoisotopic (exact) mass is 474 g/mol. The van der Waals surface area contributed by atoms with E-state index in [9.17, 15) is 9.59 Å². The summed E-state index contributed by atoms with van der Waals surface area (Å²) in [7, 11) is 0.525. The van der Waals surface area contributed by atoms with Crippen LogP contribution in [0, 0.1) is 33.1 Å². The van der Waals surface area contributed by atoms with Crippen LogP contribution in [0.2, 0.25) is 13.1 Å². The fourth-order valence-corrected chi connectivity index (χ4v) is 10.3. The molecule has 5 heteroatoms. The van der Waals surface area contributed by atoms with Crippen molar-refractivity contribution in [1.29, 1.82) is 0 Å². The summed E-state index contributed by atoms with van der Waals surface area (Å²) in [6.07, 6.45) is 0.628. The topological polar surface area (TPSA) is 52.6 Å². The van der Waals surface area contributed by atoms with E-state index in [0.29, 0.717) is 12.8 Å². The highest BCUT2D eigenvalue weighted by atomic mass is 28.3. The molecule has 0 unspecified atom stereocenters. The van der Waals surface area contributed by atoms with Crippen LogP contribution in [-0.2, 0) is 19.1 Å². The first kappa shape index (κ1) is 24.2. The van der Waals surface area contributed by atoms with Crippen molar-refractivity contribution >= 4 is 30.4 Å². The molecule has 4 nitrogen and oxygen atoms in total. The number of carbonyl (C=O) groups is 2. The van der Waals surface area contributed by atoms with Crippen molar-refractivity contribution in [2.24, 2.45) is 5.41 Å². The van der Waals surface area contributed by atoms with Crippen LogP contribution in [0.3, 0.4) is 0 Å². The number of carbonyl (C=O) groups excluding carboxylic acids is 2. The van der Waals surface area contributed by atoms with Crippen LogP contribution >= 0.6 is 0 Å². The standard InChI is InChI=1S/C29H34O4Si/c1-17-9-18(2)12-21(11-17)25-23-15-29(27(30)32-5,28(31)33-6)16-24(23)26(34(25,7)8)22-13-19(3)10-20(4)14-22/h9-14H,15-16H2,1-8H3. The minimum Gasteiger partial charge on any atom is -0.468 e. The second-order valence-corrected chi connectivity index (χ2v) is 14.8. The lowest BCUT2D eigenvalue weighted by Crippen LogP contribution is -2.39. The normalized spacial score (nSPS) is 18.2. The maximum absolute atomic E-state index is 13.1. The Kier molecular flexibility index (Phi) is 5.97. The number of rotatable bonds is 4. The van der Waals surface area contributed by atoms with E-state index in [2.05, 4.69) is 77.2 Å². The number of hydrogen-bond donors (Lipinski definition) is 0. The van der Waals surface area contributed by atoms with Crippen molar-refractivity contribution in [3.63, 3.8) is 0 Å². The van der Waals surface area contributed by atoms with Gasteiger partial charge in [0.1, 0.15) is 8.07 Å². The van der Waals surface area contributed by atoms with Gasteiger partial charge in [0.05, 0.1) is 14.2 Å². The van der Waals surface area contributed by atoms with E-state index in [0.717, 1.165) is 11.1 Å². The molecule has 2 aromatic carbocycles. The van der Waals surface area contributed by atoms with Crippen LogP contribution < -0.4 is 0 Å². The average molecular weight is 475 g/mol. The van der Waals surface area contributed by atoms with Gasteiger partial charge >= 0.3 is 11.9 Å². The molecule has 2 aliphatic rings. The molecule has 2 aromatic rings. The van der Waals surface area contributed by atoms with Gasteiger partial charge < -0.3 is 9.47 Å².